The molecule has 0 aliphatic carbocycles. The van der Waals surface area contributed by atoms with Gasteiger partial charge in [0.2, 0.25) is 5.91 Å². The molecule has 3 heterocycles. The monoisotopic (exact) mass is 454 g/mol. The van der Waals surface area contributed by atoms with E-state index in [4.69, 9.17) is 0 Å². The Labute approximate surface area is 192 Å². The van der Waals surface area contributed by atoms with Gasteiger partial charge in [-0.2, -0.15) is 0 Å². The molecule has 1 saturated heterocycles. The van der Waals surface area contributed by atoms with Crippen LogP contribution in [-0.4, -0.2) is 62.3 Å². The molecule has 1 fully saturated rings. The van der Waals surface area contributed by atoms with Crippen LogP contribution in [0.1, 0.15) is 45.9 Å². The average Bonchev–Trinajstić information content (AvgIpc) is 3.21. The van der Waals surface area contributed by atoms with E-state index >= 15 is 0 Å². The smallest absolute Gasteiger partial charge is 0.328 e. The third kappa shape index (κ3) is 3.29. The van der Waals surface area contributed by atoms with Crippen LogP contribution in [0.25, 0.3) is 10.9 Å². The number of H-pyrrole nitrogens is 1. The lowest BCUT2D eigenvalue weighted by Gasteiger charge is -2.36. The van der Waals surface area contributed by atoms with E-state index in [0.29, 0.717) is 18.7 Å². The van der Waals surface area contributed by atoms with Crippen molar-refractivity contribution in [2.45, 2.75) is 58.7 Å². The molecule has 176 valence electrons. The second kappa shape index (κ2) is 7.90. The van der Waals surface area contributed by atoms with Crippen molar-refractivity contribution < 1.29 is 24.3 Å². The molecule has 9 nitrogen and oxygen atoms in total. The number of carbonyl (C=O) groups excluding carboxylic acids is 3. The van der Waals surface area contributed by atoms with Crippen LogP contribution in [0.4, 0.5) is 4.79 Å². The second-order valence-electron chi connectivity index (χ2n) is 9.71. The number of urea groups is 1. The predicted molar refractivity (Wildman–Crippen MR) is 121 cm³/mol. The van der Waals surface area contributed by atoms with Crippen LogP contribution >= 0.6 is 0 Å². The molecule has 0 saturated carbocycles. The minimum atomic E-state index is -1.26. The van der Waals surface area contributed by atoms with Crippen molar-refractivity contribution in [1.82, 2.24) is 20.1 Å². The first-order valence-electron chi connectivity index (χ1n) is 11.3. The van der Waals surface area contributed by atoms with Gasteiger partial charge in [0.25, 0.3) is 5.91 Å². The lowest BCUT2D eigenvalue weighted by molar-refractivity contribution is -0.145. The number of nitrogens with zero attached hydrogens (tertiary/aromatic N) is 2. The first-order chi connectivity index (χ1) is 15.5. The Balaban J connectivity index is 1.74. The molecule has 2 aliphatic heterocycles. The van der Waals surface area contributed by atoms with Crippen LogP contribution in [0.3, 0.4) is 0 Å². The molecule has 33 heavy (non-hydrogen) atoms. The second-order valence-corrected chi connectivity index (χ2v) is 9.71. The van der Waals surface area contributed by atoms with E-state index in [2.05, 4.69) is 10.3 Å². The van der Waals surface area contributed by atoms with E-state index in [-0.39, 0.29) is 5.92 Å². The zero-order valence-electron chi connectivity index (χ0n) is 19.5. The molecule has 9 heteroatoms. The predicted octanol–water partition coefficient (Wildman–Crippen LogP) is 2.45. The van der Waals surface area contributed by atoms with Gasteiger partial charge in [0.1, 0.15) is 12.1 Å². The molecular formula is C24H30N4O5. The molecule has 4 rings (SSSR count). The molecule has 0 radical (unpaired) electrons. The quantitative estimate of drug-likeness (QED) is 0.579. The minimum Gasteiger partial charge on any atom is -0.480 e. The lowest BCUT2D eigenvalue weighted by Crippen LogP contribution is -2.57. The Hall–Kier alpha value is -3.36. The molecule has 2 aliphatic rings. The average molecular weight is 455 g/mol. The molecule has 1 aromatic heterocycles. The molecule has 2 aromatic rings. The van der Waals surface area contributed by atoms with Crippen LogP contribution < -0.4 is 5.32 Å². The highest BCUT2D eigenvalue weighted by atomic mass is 16.4. The Bertz CT molecular complexity index is 1150. The number of hydrogen-bond donors (Lipinski definition) is 3. The fourth-order valence-electron chi connectivity index (χ4n) is 5.13. The van der Waals surface area contributed by atoms with Gasteiger partial charge in [-0.05, 0) is 36.8 Å². The van der Waals surface area contributed by atoms with Crippen molar-refractivity contribution in [2.24, 2.45) is 11.8 Å². The van der Waals surface area contributed by atoms with Crippen LogP contribution in [0.15, 0.2) is 24.3 Å². The number of fused-ring (bicyclic) bond motifs is 5. The van der Waals surface area contributed by atoms with Crippen molar-refractivity contribution in [1.29, 1.82) is 0 Å². The summed E-state index contributed by atoms with van der Waals surface area (Å²) in [5.74, 6) is -3.06. The van der Waals surface area contributed by atoms with Crippen molar-refractivity contribution >= 4 is 34.7 Å². The van der Waals surface area contributed by atoms with Gasteiger partial charge >= 0.3 is 12.0 Å². The summed E-state index contributed by atoms with van der Waals surface area (Å²) < 4.78 is 0. The third-order valence-corrected chi connectivity index (χ3v) is 6.91. The number of amides is 4. The van der Waals surface area contributed by atoms with Crippen LogP contribution in [0.5, 0.6) is 0 Å². The molecule has 1 aromatic carbocycles. The number of hydrogen-bond acceptors (Lipinski definition) is 4. The highest BCUT2D eigenvalue weighted by Gasteiger charge is 2.61. The number of carboxylic acids is 1. The summed E-state index contributed by atoms with van der Waals surface area (Å²) >= 11 is 0. The van der Waals surface area contributed by atoms with Gasteiger partial charge in [0.05, 0.1) is 5.69 Å². The van der Waals surface area contributed by atoms with E-state index in [1.807, 2.05) is 24.3 Å². The fraction of sp³-hybridized carbons (Fsp3) is 0.500. The zero-order chi connectivity index (χ0) is 24.2. The standard InChI is InChI=1S/C24H30N4O5/c1-12(2)17(21(30)31)26-20(29)18(13(3)4)28-22(32)24(5)19-15(10-11-27(24)23(28)33)14-8-6-7-9-16(14)25-19/h6-9,12-13,17-18,25H,10-11H2,1-5H3,(H,26,29)(H,30,31). The Morgan fingerprint density at radius 2 is 1.79 bits per heavy atom. The van der Waals surface area contributed by atoms with Gasteiger partial charge in [-0.25, -0.2) is 14.5 Å². The summed E-state index contributed by atoms with van der Waals surface area (Å²) in [6.07, 6.45) is 0.592. The van der Waals surface area contributed by atoms with E-state index in [9.17, 15) is 24.3 Å². The summed E-state index contributed by atoms with van der Waals surface area (Å²) in [7, 11) is 0. The molecule has 3 atom stereocenters. The van der Waals surface area contributed by atoms with E-state index in [1.165, 1.54) is 4.90 Å². The largest absolute Gasteiger partial charge is 0.480 e. The van der Waals surface area contributed by atoms with Crippen LogP contribution in [0, 0.1) is 11.8 Å². The van der Waals surface area contributed by atoms with Crippen molar-refractivity contribution in [3.63, 3.8) is 0 Å². The normalized spacial score (nSPS) is 22.0. The Kier molecular flexibility index (Phi) is 5.46. The molecule has 4 amide bonds. The molecule has 0 bridgehead atoms. The Morgan fingerprint density at radius 1 is 1.12 bits per heavy atom. The Morgan fingerprint density at radius 3 is 2.39 bits per heavy atom. The summed E-state index contributed by atoms with van der Waals surface area (Å²) in [6, 6.07) is 4.99. The van der Waals surface area contributed by atoms with Gasteiger partial charge < -0.3 is 20.3 Å². The topological polar surface area (TPSA) is 123 Å². The maximum absolute atomic E-state index is 13.9. The summed E-state index contributed by atoms with van der Waals surface area (Å²) in [5.41, 5.74) is 1.30. The van der Waals surface area contributed by atoms with Crippen LogP contribution in [0.2, 0.25) is 0 Å². The van der Waals surface area contributed by atoms with Gasteiger partial charge in [-0.3, -0.25) is 9.59 Å². The van der Waals surface area contributed by atoms with E-state index < -0.39 is 47.4 Å². The van der Waals surface area contributed by atoms with Crippen molar-refractivity contribution in [2.75, 3.05) is 6.54 Å². The number of imide groups is 1. The van der Waals surface area contributed by atoms with Crippen LogP contribution in [-0.2, 0) is 26.3 Å². The summed E-state index contributed by atoms with van der Waals surface area (Å²) in [4.78, 5) is 58.1. The van der Waals surface area contributed by atoms with Gasteiger partial charge in [0, 0.05) is 17.4 Å². The third-order valence-electron chi connectivity index (χ3n) is 6.91. The maximum atomic E-state index is 13.9. The number of aromatic amines is 1. The summed E-state index contributed by atoms with van der Waals surface area (Å²) in [6.45, 7) is 8.92. The minimum absolute atomic E-state index is 0.350. The molecular weight excluding hydrogens is 424 g/mol. The number of carbonyl (C=O) groups is 4. The maximum Gasteiger partial charge on any atom is 0.328 e. The summed E-state index contributed by atoms with van der Waals surface area (Å²) in [5, 5.41) is 13.1. The zero-order valence-corrected chi connectivity index (χ0v) is 19.5. The number of aliphatic carboxylic acids is 1. The molecule has 3 unspecified atom stereocenters. The number of rotatable bonds is 6. The molecule has 0 spiro atoms. The van der Waals surface area contributed by atoms with Gasteiger partial charge in [-0.15, -0.1) is 0 Å². The first kappa shape index (κ1) is 22.8. The van der Waals surface area contributed by atoms with E-state index in [0.717, 1.165) is 21.4 Å². The number of aromatic nitrogens is 1. The number of carboxylic acid groups (broad SMARTS) is 1. The number of para-hydroxylation sites is 1. The number of nitrogens with one attached hydrogen (secondary N) is 2. The fourth-order valence-corrected chi connectivity index (χ4v) is 5.13. The van der Waals surface area contributed by atoms with E-state index in [1.54, 1.807) is 34.6 Å². The highest BCUT2D eigenvalue weighted by Crippen LogP contribution is 2.45. The first-order valence-corrected chi connectivity index (χ1v) is 11.3. The van der Waals surface area contributed by atoms with Gasteiger partial charge in [0.15, 0.2) is 5.54 Å². The number of benzene rings is 1. The van der Waals surface area contributed by atoms with Crippen molar-refractivity contribution in [3.05, 3.63) is 35.5 Å². The SMILES string of the molecule is CC(C)C(NC(=O)C(C(C)C)N1C(=O)N2CCc3c([nH]c4ccccc34)C2(C)C1=O)C(=O)O. The van der Waals surface area contributed by atoms with Gasteiger partial charge in [-0.1, -0.05) is 45.9 Å². The molecule has 3 N–H and O–H groups in total. The lowest BCUT2D eigenvalue weighted by atomic mass is 9.86. The highest BCUT2D eigenvalue weighted by molar-refractivity contribution is 6.11. The van der Waals surface area contributed by atoms with Crippen molar-refractivity contribution in [3.8, 4) is 0 Å².